The van der Waals surface area contributed by atoms with E-state index in [0.29, 0.717) is 17.1 Å². The monoisotopic (exact) mass is 414 g/mol. The van der Waals surface area contributed by atoms with Gasteiger partial charge in [0.05, 0.1) is 37.3 Å². The van der Waals surface area contributed by atoms with E-state index in [4.69, 9.17) is 18.6 Å². The molecule has 0 bridgehead atoms. The number of nitrogens with one attached hydrogen (secondary N) is 2. The second kappa shape index (κ2) is 9.17. The van der Waals surface area contributed by atoms with Gasteiger partial charge in [0.2, 0.25) is 0 Å². The van der Waals surface area contributed by atoms with Gasteiger partial charge in [-0.05, 0) is 37.6 Å². The average molecular weight is 414 g/mol. The number of furan rings is 1. The third-order valence-electron chi connectivity index (χ3n) is 4.52. The summed E-state index contributed by atoms with van der Waals surface area (Å²) >= 11 is 0. The number of ether oxygens (including phenoxy) is 3. The molecule has 0 unspecified atom stereocenters. The van der Waals surface area contributed by atoms with Crippen molar-refractivity contribution < 1.29 is 33.0 Å². The second-order valence-corrected chi connectivity index (χ2v) is 6.38. The van der Waals surface area contributed by atoms with E-state index in [2.05, 4.69) is 10.6 Å². The van der Waals surface area contributed by atoms with E-state index < -0.39 is 24.0 Å². The Morgan fingerprint density at radius 3 is 2.43 bits per heavy atom. The van der Waals surface area contributed by atoms with Gasteiger partial charge in [-0.2, -0.15) is 0 Å². The zero-order chi connectivity index (χ0) is 21.7. The van der Waals surface area contributed by atoms with Gasteiger partial charge in [0.15, 0.2) is 0 Å². The van der Waals surface area contributed by atoms with E-state index in [-0.39, 0.29) is 30.0 Å². The van der Waals surface area contributed by atoms with Crippen LogP contribution in [-0.4, -0.2) is 38.3 Å². The predicted molar refractivity (Wildman–Crippen MR) is 105 cm³/mol. The fourth-order valence-corrected chi connectivity index (χ4v) is 3.04. The first kappa shape index (κ1) is 21.0. The Kier molecular flexibility index (Phi) is 6.41. The largest absolute Gasteiger partial charge is 0.497 e. The Hall–Kier alpha value is -3.75. The van der Waals surface area contributed by atoms with Gasteiger partial charge in [-0.3, -0.25) is 0 Å². The van der Waals surface area contributed by atoms with E-state index >= 15 is 0 Å². The normalized spacial score (nSPS) is 15.8. The van der Waals surface area contributed by atoms with Crippen LogP contribution in [-0.2, 0) is 14.3 Å². The van der Waals surface area contributed by atoms with Crippen LogP contribution in [0.25, 0.3) is 0 Å². The second-order valence-electron chi connectivity index (χ2n) is 6.38. The van der Waals surface area contributed by atoms with Crippen LogP contribution in [0.1, 0.15) is 34.6 Å². The zero-order valence-electron chi connectivity index (χ0n) is 16.8. The summed E-state index contributed by atoms with van der Waals surface area (Å²) in [6.45, 7) is 3.13. The molecule has 2 aromatic rings. The molecule has 2 amide bonds. The number of amides is 2. The predicted octanol–water partition coefficient (Wildman–Crippen LogP) is 2.62. The Labute approximate surface area is 173 Å². The number of aryl methyl sites for hydroxylation is 1. The van der Waals surface area contributed by atoms with Crippen molar-refractivity contribution in [3.8, 4) is 5.75 Å². The molecule has 3 rings (SSSR count). The van der Waals surface area contributed by atoms with Crippen LogP contribution < -0.4 is 15.4 Å². The van der Waals surface area contributed by atoms with Crippen LogP contribution >= 0.6 is 0 Å². The van der Waals surface area contributed by atoms with Gasteiger partial charge in [0.1, 0.15) is 23.7 Å². The Morgan fingerprint density at radius 1 is 1.10 bits per heavy atom. The fraction of sp³-hybridized carbons (Fsp3) is 0.286. The van der Waals surface area contributed by atoms with Crippen LogP contribution in [0.5, 0.6) is 5.75 Å². The first-order valence-corrected chi connectivity index (χ1v) is 9.27. The molecule has 1 aliphatic rings. The van der Waals surface area contributed by atoms with E-state index in [1.165, 1.54) is 12.3 Å². The minimum absolute atomic E-state index is 0.146. The van der Waals surface area contributed by atoms with Crippen molar-refractivity contribution >= 4 is 18.0 Å². The SMILES string of the molecule is CCOC(=O)C1=C(COC(=O)c2ccoc2C)NC(=O)N[C@@H]1c1ccc(OC)cc1. The summed E-state index contributed by atoms with van der Waals surface area (Å²) in [5.74, 6) is -0.225. The Balaban J connectivity index is 1.93. The third-order valence-corrected chi connectivity index (χ3v) is 4.52. The molecule has 9 nitrogen and oxygen atoms in total. The molecule has 0 fully saturated rings. The van der Waals surface area contributed by atoms with Crippen LogP contribution in [0.3, 0.4) is 0 Å². The van der Waals surface area contributed by atoms with Gasteiger partial charge >= 0.3 is 18.0 Å². The van der Waals surface area contributed by atoms with Crippen LogP contribution in [0.15, 0.2) is 52.3 Å². The van der Waals surface area contributed by atoms with E-state index in [1.54, 1.807) is 45.2 Å². The average Bonchev–Trinajstić information content (AvgIpc) is 3.17. The fourth-order valence-electron chi connectivity index (χ4n) is 3.04. The summed E-state index contributed by atoms with van der Waals surface area (Å²) in [5, 5.41) is 5.26. The molecular weight excluding hydrogens is 392 g/mol. The maximum absolute atomic E-state index is 12.7. The first-order valence-electron chi connectivity index (χ1n) is 9.27. The number of methoxy groups -OCH3 is 1. The van der Waals surface area contributed by atoms with Crippen LogP contribution in [0.2, 0.25) is 0 Å². The molecule has 1 aliphatic heterocycles. The highest BCUT2D eigenvalue weighted by molar-refractivity contribution is 5.95. The molecule has 2 N–H and O–H groups in total. The Morgan fingerprint density at radius 2 is 1.83 bits per heavy atom. The lowest BCUT2D eigenvalue weighted by Gasteiger charge is -2.29. The molecule has 1 aromatic carbocycles. The standard InChI is InChI=1S/C21H22N2O7/c1-4-28-20(25)17-16(11-30-19(24)15-9-10-29-12(15)2)22-21(26)23-18(17)13-5-7-14(27-3)8-6-13/h5-10,18H,4,11H2,1-3H3,(H2,22,23,26)/t18-/m1/s1. The van der Waals surface area contributed by atoms with E-state index in [1.807, 2.05) is 0 Å². The molecule has 0 aliphatic carbocycles. The van der Waals surface area contributed by atoms with Gasteiger partial charge in [0, 0.05) is 0 Å². The number of rotatable bonds is 7. The molecule has 9 heteroatoms. The zero-order valence-corrected chi connectivity index (χ0v) is 16.8. The van der Waals surface area contributed by atoms with Crippen molar-refractivity contribution in [1.29, 1.82) is 0 Å². The topological polar surface area (TPSA) is 116 Å². The van der Waals surface area contributed by atoms with Crippen LogP contribution in [0, 0.1) is 6.92 Å². The number of hydrogen-bond donors (Lipinski definition) is 2. The lowest BCUT2D eigenvalue weighted by atomic mass is 9.95. The summed E-state index contributed by atoms with van der Waals surface area (Å²) in [4.78, 5) is 37.3. The summed E-state index contributed by atoms with van der Waals surface area (Å²) in [7, 11) is 1.54. The minimum atomic E-state index is -0.784. The molecule has 2 heterocycles. The molecule has 0 saturated carbocycles. The lowest BCUT2D eigenvalue weighted by Crippen LogP contribution is -2.47. The summed E-state index contributed by atoms with van der Waals surface area (Å²) in [5.41, 5.74) is 1.20. The molecular formula is C21H22N2O7. The molecule has 1 aromatic heterocycles. The Bertz CT molecular complexity index is 975. The van der Waals surface area contributed by atoms with Crippen LogP contribution in [0.4, 0.5) is 4.79 Å². The van der Waals surface area contributed by atoms with Gasteiger partial charge in [-0.25, -0.2) is 14.4 Å². The maximum atomic E-state index is 12.7. The molecule has 0 saturated heterocycles. The third kappa shape index (κ3) is 4.45. The van der Waals surface area contributed by atoms with E-state index in [9.17, 15) is 14.4 Å². The van der Waals surface area contributed by atoms with Crippen molar-refractivity contribution in [2.45, 2.75) is 19.9 Å². The number of benzene rings is 1. The van der Waals surface area contributed by atoms with Crippen molar-refractivity contribution in [1.82, 2.24) is 10.6 Å². The highest BCUT2D eigenvalue weighted by Crippen LogP contribution is 2.29. The summed E-state index contributed by atoms with van der Waals surface area (Å²) in [6.07, 6.45) is 1.38. The highest BCUT2D eigenvalue weighted by Gasteiger charge is 2.34. The van der Waals surface area contributed by atoms with Gasteiger partial charge in [-0.15, -0.1) is 0 Å². The first-order chi connectivity index (χ1) is 14.4. The van der Waals surface area contributed by atoms with Crippen molar-refractivity contribution in [3.05, 3.63) is 64.8 Å². The highest BCUT2D eigenvalue weighted by atomic mass is 16.5. The van der Waals surface area contributed by atoms with Gasteiger partial charge < -0.3 is 29.3 Å². The van der Waals surface area contributed by atoms with Gasteiger partial charge in [-0.1, -0.05) is 12.1 Å². The lowest BCUT2D eigenvalue weighted by molar-refractivity contribution is -0.139. The summed E-state index contributed by atoms with van der Waals surface area (Å²) < 4.78 is 20.7. The smallest absolute Gasteiger partial charge is 0.342 e. The van der Waals surface area contributed by atoms with Crippen molar-refractivity contribution in [2.24, 2.45) is 0 Å². The quantitative estimate of drug-likeness (QED) is 0.669. The maximum Gasteiger partial charge on any atom is 0.342 e. The number of carbonyl (C=O) groups excluding carboxylic acids is 3. The molecule has 0 spiro atoms. The molecule has 30 heavy (non-hydrogen) atoms. The van der Waals surface area contributed by atoms with E-state index in [0.717, 1.165) is 0 Å². The molecule has 158 valence electrons. The van der Waals surface area contributed by atoms with Gasteiger partial charge in [0.25, 0.3) is 0 Å². The van der Waals surface area contributed by atoms with Crippen molar-refractivity contribution in [2.75, 3.05) is 20.3 Å². The summed E-state index contributed by atoms with van der Waals surface area (Å²) in [6, 6.07) is 7.06. The van der Waals surface area contributed by atoms with Crippen molar-refractivity contribution in [3.63, 3.8) is 0 Å². The molecule has 0 radical (unpaired) electrons. The number of hydrogen-bond acceptors (Lipinski definition) is 7. The number of urea groups is 1. The number of carbonyl (C=O) groups is 3. The number of esters is 2. The molecule has 1 atom stereocenters. The minimum Gasteiger partial charge on any atom is -0.497 e.